The van der Waals surface area contributed by atoms with Gasteiger partial charge in [0.15, 0.2) is 0 Å². The normalized spacial score (nSPS) is 10.9. The summed E-state index contributed by atoms with van der Waals surface area (Å²) >= 11 is 0. The number of benzene rings is 1. The van der Waals surface area contributed by atoms with Gasteiger partial charge in [0.1, 0.15) is 0 Å². The van der Waals surface area contributed by atoms with Gasteiger partial charge in [0.25, 0.3) is 5.91 Å². The van der Waals surface area contributed by atoms with E-state index in [1.165, 1.54) is 5.56 Å². The molecule has 1 aromatic rings. The van der Waals surface area contributed by atoms with E-state index in [0.29, 0.717) is 13.1 Å². The van der Waals surface area contributed by atoms with Crippen molar-refractivity contribution in [3.8, 4) is 0 Å². The van der Waals surface area contributed by atoms with Crippen LogP contribution in [0.3, 0.4) is 0 Å². The lowest BCUT2D eigenvalue weighted by molar-refractivity contribution is 0.0739. The van der Waals surface area contributed by atoms with E-state index in [4.69, 9.17) is 5.73 Å². The number of aryl methyl sites for hydroxylation is 3. The predicted octanol–water partition coefficient (Wildman–Crippen LogP) is 3.09. The van der Waals surface area contributed by atoms with Crippen LogP contribution in [-0.4, -0.2) is 30.9 Å². The summed E-state index contributed by atoms with van der Waals surface area (Å²) < 4.78 is 0. The molecule has 0 saturated heterocycles. The maximum absolute atomic E-state index is 12.6. The molecule has 0 radical (unpaired) electrons. The summed E-state index contributed by atoms with van der Waals surface area (Å²) in [7, 11) is 1.85. The molecule has 4 heteroatoms. The van der Waals surface area contributed by atoms with E-state index in [2.05, 4.69) is 32.9 Å². The lowest BCUT2D eigenvalue weighted by Gasteiger charge is -2.29. The highest BCUT2D eigenvalue weighted by Gasteiger charge is 2.23. The van der Waals surface area contributed by atoms with Crippen LogP contribution in [0.5, 0.6) is 0 Å². The smallest absolute Gasteiger partial charge is 0.254 e. The number of halogens is 1. The number of hydrogen-bond acceptors (Lipinski definition) is 2. The first kappa shape index (κ1) is 18.9. The highest BCUT2D eigenvalue weighted by Crippen LogP contribution is 2.20. The van der Waals surface area contributed by atoms with Crippen molar-refractivity contribution in [3.63, 3.8) is 0 Å². The molecule has 0 aliphatic rings. The zero-order valence-electron chi connectivity index (χ0n) is 13.4. The van der Waals surface area contributed by atoms with E-state index in [9.17, 15) is 4.79 Å². The topological polar surface area (TPSA) is 46.3 Å². The van der Waals surface area contributed by atoms with Gasteiger partial charge in [-0.05, 0) is 43.9 Å². The molecule has 1 amide bonds. The highest BCUT2D eigenvalue weighted by molar-refractivity contribution is 5.97. The average molecular weight is 299 g/mol. The van der Waals surface area contributed by atoms with Gasteiger partial charge < -0.3 is 10.6 Å². The highest BCUT2D eigenvalue weighted by atomic mass is 35.5. The Labute approximate surface area is 128 Å². The number of nitrogens with zero attached hydrogens (tertiary/aromatic N) is 1. The third-order valence-corrected chi connectivity index (χ3v) is 3.46. The molecule has 0 fully saturated rings. The van der Waals surface area contributed by atoms with Crippen molar-refractivity contribution in [2.24, 2.45) is 11.1 Å². The van der Waals surface area contributed by atoms with E-state index in [1.807, 2.05) is 20.9 Å². The fraction of sp³-hybridized carbons (Fsp3) is 0.562. The Kier molecular flexibility index (Phi) is 6.72. The standard InChI is InChI=1S/C16H26N2O.ClH/c1-11-7-12(2)14(13(3)8-11)15(19)18(6)10-16(4,5)9-17;/h7-8H,9-10,17H2,1-6H3;1H. The second kappa shape index (κ2) is 7.09. The molecule has 20 heavy (non-hydrogen) atoms. The first-order valence-electron chi connectivity index (χ1n) is 6.71. The minimum Gasteiger partial charge on any atom is -0.341 e. The Morgan fingerprint density at radius 3 is 2.05 bits per heavy atom. The van der Waals surface area contributed by atoms with Gasteiger partial charge in [0, 0.05) is 19.2 Å². The van der Waals surface area contributed by atoms with E-state index in [1.54, 1.807) is 4.90 Å². The van der Waals surface area contributed by atoms with Gasteiger partial charge in [-0.3, -0.25) is 4.79 Å². The van der Waals surface area contributed by atoms with Crippen LogP contribution in [0.15, 0.2) is 12.1 Å². The molecule has 0 aliphatic heterocycles. The fourth-order valence-electron chi connectivity index (χ4n) is 2.49. The van der Waals surface area contributed by atoms with E-state index in [0.717, 1.165) is 16.7 Å². The van der Waals surface area contributed by atoms with Crippen LogP contribution >= 0.6 is 12.4 Å². The molecule has 0 aromatic heterocycles. The first-order chi connectivity index (χ1) is 8.68. The molecule has 3 nitrogen and oxygen atoms in total. The molecule has 0 spiro atoms. The monoisotopic (exact) mass is 298 g/mol. The number of nitrogens with two attached hydrogens (primary N) is 1. The Morgan fingerprint density at radius 1 is 1.20 bits per heavy atom. The van der Waals surface area contributed by atoms with E-state index < -0.39 is 0 Å². The van der Waals surface area contributed by atoms with Crippen LogP contribution in [0.1, 0.15) is 40.9 Å². The van der Waals surface area contributed by atoms with Crippen LogP contribution in [0.4, 0.5) is 0 Å². The Hall–Kier alpha value is -1.06. The molecule has 1 aromatic carbocycles. The molecular formula is C16H27ClN2O. The van der Waals surface area contributed by atoms with Crippen molar-refractivity contribution in [2.75, 3.05) is 20.1 Å². The van der Waals surface area contributed by atoms with Crippen molar-refractivity contribution >= 4 is 18.3 Å². The SMILES string of the molecule is Cc1cc(C)c(C(=O)N(C)CC(C)(C)CN)c(C)c1.Cl. The summed E-state index contributed by atoms with van der Waals surface area (Å²) in [6.07, 6.45) is 0. The predicted molar refractivity (Wildman–Crippen MR) is 87.7 cm³/mol. The molecule has 0 bridgehead atoms. The zero-order valence-corrected chi connectivity index (χ0v) is 14.2. The van der Waals surface area contributed by atoms with Crippen LogP contribution in [0.2, 0.25) is 0 Å². The average Bonchev–Trinajstić information content (AvgIpc) is 2.26. The third-order valence-electron chi connectivity index (χ3n) is 3.46. The fourth-order valence-corrected chi connectivity index (χ4v) is 2.49. The molecule has 114 valence electrons. The number of carbonyl (C=O) groups excluding carboxylic acids is 1. The van der Waals surface area contributed by atoms with Gasteiger partial charge in [0.05, 0.1) is 0 Å². The maximum Gasteiger partial charge on any atom is 0.254 e. The zero-order chi connectivity index (χ0) is 14.8. The van der Waals surface area contributed by atoms with Crippen molar-refractivity contribution in [1.82, 2.24) is 4.90 Å². The van der Waals surface area contributed by atoms with Crippen molar-refractivity contribution in [1.29, 1.82) is 0 Å². The summed E-state index contributed by atoms with van der Waals surface area (Å²) in [5.41, 5.74) is 9.77. The molecule has 0 atom stereocenters. The van der Waals surface area contributed by atoms with Crippen LogP contribution in [0.25, 0.3) is 0 Å². The summed E-state index contributed by atoms with van der Waals surface area (Å²) in [5.74, 6) is 0.0801. The van der Waals surface area contributed by atoms with Gasteiger partial charge >= 0.3 is 0 Å². The molecule has 0 heterocycles. The second-order valence-electron chi connectivity index (χ2n) is 6.30. The summed E-state index contributed by atoms with van der Waals surface area (Å²) in [6.45, 7) is 11.4. The maximum atomic E-state index is 12.6. The lowest BCUT2D eigenvalue weighted by Crippen LogP contribution is -2.40. The Morgan fingerprint density at radius 2 is 1.65 bits per heavy atom. The minimum absolute atomic E-state index is 0. The number of amides is 1. The van der Waals surface area contributed by atoms with Gasteiger partial charge in [-0.2, -0.15) is 0 Å². The number of hydrogen-bond donors (Lipinski definition) is 1. The first-order valence-corrected chi connectivity index (χ1v) is 6.71. The van der Waals surface area contributed by atoms with E-state index in [-0.39, 0.29) is 23.7 Å². The molecule has 0 unspecified atom stereocenters. The van der Waals surface area contributed by atoms with Crippen molar-refractivity contribution < 1.29 is 4.79 Å². The molecule has 1 rings (SSSR count). The molecular weight excluding hydrogens is 272 g/mol. The lowest BCUT2D eigenvalue weighted by atomic mass is 9.92. The van der Waals surface area contributed by atoms with Crippen molar-refractivity contribution in [3.05, 3.63) is 34.4 Å². The quantitative estimate of drug-likeness (QED) is 0.928. The number of carbonyl (C=O) groups is 1. The van der Waals surface area contributed by atoms with Gasteiger partial charge in [-0.1, -0.05) is 31.5 Å². The Balaban J connectivity index is 0.00000361. The van der Waals surface area contributed by atoms with Crippen LogP contribution in [-0.2, 0) is 0 Å². The summed E-state index contributed by atoms with van der Waals surface area (Å²) in [6, 6.07) is 4.12. The second-order valence-corrected chi connectivity index (χ2v) is 6.30. The van der Waals surface area contributed by atoms with Crippen molar-refractivity contribution in [2.45, 2.75) is 34.6 Å². The minimum atomic E-state index is -0.0586. The number of rotatable bonds is 4. The third kappa shape index (κ3) is 4.50. The van der Waals surface area contributed by atoms with E-state index >= 15 is 0 Å². The molecule has 2 N–H and O–H groups in total. The largest absolute Gasteiger partial charge is 0.341 e. The summed E-state index contributed by atoms with van der Waals surface area (Å²) in [5, 5.41) is 0. The molecule has 0 aliphatic carbocycles. The van der Waals surface area contributed by atoms with Gasteiger partial charge in [-0.15, -0.1) is 12.4 Å². The summed E-state index contributed by atoms with van der Waals surface area (Å²) in [4.78, 5) is 14.4. The van der Waals surface area contributed by atoms with Crippen LogP contribution in [0, 0.1) is 26.2 Å². The van der Waals surface area contributed by atoms with Gasteiger partial charge in [-0.25, -0.2) is 0 Å². The molecule has 0 saturated carbocycles. The van der Waals surface area contributed by atoms with Crippen LogP contribution < -0.4 is 5.73 Å². The van der Waals surface area contributed by atoms with Gasteiger partial charge in [0.2, 0.25) is 0 Å². The Bertz CT molecular complexity index is 460.